The highest BCUT2D eigenvalue weighted by molar-refractivity contribution is 7.71. The van der Waals surface area contributed by atoms with Crippen LogP contribution in [0.2, 0.25) is 0 Å². The van der Waals surface area contributed by atoms with E-state index in [-0.39, 0.29) is 5.56 Å². The number of aryl methyl sites for hydroxylation is 1. The van der Waals surface area contributed by atoms with Crippen LogP contribution in [0, 0.1) is 13.8 Å². The Bertz CT molecular complexity index is 1200. The maximum Gasteiger partial charge on any atom is 0.416 e. The molecule has 1 atom stereocenters. The first kappa shape index (κ1) is 22.7. The highest BCUT2D eigenvalue weighted by atomic mass is 31.2. The summed E-state index contributed by atoms with van der Waals surface area (Å²) in [6.07, 6.45) is -3.20. The van der Waals surface area contributed by atoms with Crippen molar-refractivity contribution in [1.82, 2.24) is 15.3 Å². The summed E-state index contributed by atoms with van der Waals surface area (Å²) in [7, 11) is -2.50. The van der Waals surface area contributed by atoms with Gasteiger partial charge in [0.15, 0.2) is 0 Å². The molecule has 170 valence electrons. The molecule has 0 unspecified atom stereocenters. The van der Waals surface area contributed by atoms with Crippen LogP contribution < -0.4 is 15.9 Å². The van der Waals surface area contributed by atoms with Gasteiger partial charge in [-0.2, -0.15) is 13.2 Å². The Hall–Kier alpha value is -2.44. The molecule has 0 bridgehead atoms. The number of halogens is 3. The van der Waals surface area contributed by atoms with Crippen molar-refractivity contribution >= 4 is 29.2 Å². The molecule has 0 saturated carbocycles. The maximum atomic E-state index is 13.5. The quantitative estimate of drug-likeness (QED) is 0.533. The van der Waals surface area contributed by atoms with Gasteiger partial charge in [0.05, 0.1) is 17.1 Å². The highest BCUT2D eigenvalue weighted by Crippen LogP contribution is 2.45. The van der Waals surface area contributed by atoms with Gasteiger partial charge in [-0.1, -0.05) is 12.1 Å². The van der Waals surface area contributed by atoms with Crippen molar-refractivity contribution < 1.29 is 17.7 Å². The van der Waals surface area contributed by atoms with E-state index in [1.54, 1.807) is 13.0 Å². The molecule has 0 spiro atoms. The summed E-state index contributed by atoms with van der Waals surface area (Å²) >= 11 is 0. The number of alkyl halides is 3. The molecular weight excluding hydrogens is 436 g/mol. The Labute approximate surface area is 185 Å². The fraction of sp³-hybridized carbons (Fsp3) is 0.391. The normalized spacial score (nSPS) is 17.3. The van der Waals surface area contributed by atoms with Crippen LogP contribution in [0.25, 0.3) is 10.9 Å². The molecule has 2 N–H and O–H groups in total. The lowest BCUT2D eigenvalue weighted by molar-refractivity contribution is -0.138. The summed E-state index contributed by atoms with van der Waals surface area (Å²) in [4.78, 5) is 9.02. The van der Waals surface area contributed by atoms with Gasteiger partial charge in [0.25, 0.3) is 0 Å². The van der Waals surface area contributed by atoms with Crippen molar-refractivity contribution in [2.75, 3.05) is 30.7 Å². The van der Waals surface area contributed by atoms with E-state index in [4.69, 9.17) is 0 Å². The number of nitrogens with one attached hydrogen (secondary N) is 2. The fourth-order valence-corrected chi connectivity index (χ4v) is 6.81. The van der Waals surface area contributed by atoms with Gasteiger partial charge in [-0.25, -0.2) is 9.97 Å². The molecule has 1 aliphatic heterocycles. The van der Waals surface area contributed by atoms with Gasteiger partial charge in [-0.3, -0.25) is 0 Å². The topological polar surface area (TPSA) is 66.9 Å². The van der Waals surface area contributed by atoms with Crippen LogP contribution in [0.15, 0.2) is 36.4 Å². The fourth-order valence-electron chi connectivity index (χ4n) is 4.32. The zero-order chi connectivity index (χ0) is 23.1. The second-order valence-electron chi connectivity index (χ2n) is 8.29. The molecule has 1 aliphatic rings. The first-order chi connectivity index (χ1) is 15.1. The summed E-state index contributed by atoms with van der Waals surface area (Å²) < 4.78 is 53.6. The van der Waals surface area contributed by atoms with E-state index in [0.29, 0.717) is 35.0 Å². The molecular formula is C23H26F3N4OP. The average molecular weight is 462 g/mol. The minimum absolute atomic E-state index is 0.190. The van der Waals surface area contributed by atoms with Gasteiger partial charge in [0.2, 0.25) is 0 Å². The van der Waals surface area contributed by atoms with Crippen molar-refractivity contribution in [3.63, 3.8) is 0 Å². The molecule has 5 nitrogen and oxygen atoms in total. The van der Waals surface area contributed by atoms with E-state index in [1.807, 2.05) is 25.1 Å². The van der Waals surface area contributed by atoms with Crippen LogP contribution in [0.5, 0.6) is 0 Å². The maximum absolute atomic E-state index is 13.5. The second-order valence-corrected chi connectivity index (χ2v) is 11.5. The first-order valence-electron chi connectivity index (χ1n) is 10.6. The van der Waals surface area contributed by atoms with Gasteiger partial charge >= 0.3 is 6.18 Å². The van der Waals surface area contributed by atoms with Crippen LogP contribution >= 0.6 is 7.14 Å². The Morgan fingerprint density at radius 2 is 1.81 bits per heavy atom. The molecule has 2 aromatic carbocycles. The van der Waals surface area contributed by atoms with Crippen LogP contribution in [-0.4, -0.2) is 35.4 Å². The number of hydrogen-bond donors (Lipinski definition) is 2. The molecule has 0 aliphatic carbocycles. The van der Waals surface area contributed by atoms with Crippen molar-refractivity contribution in [3.05, 3.63) is 58.9 Å². The third-order valence-corrected chi connectivity index (χ3v) is 9.17. The molecule has 4 rings (SSSR count). The summed E-state index contributed by atoms with van der Waals surface area (Å²) in [5.74, 6) is 1.08. The van der Waals surface area contributed by atoms with Crippen LogP contribution in [-0.2, 0) is 10.7 Å². The van der Waals surface area contributed by atoms with E-state index in [0.717, 1.165) is 29.8 Å². The van der Waals surface area contributed by atoms with E-state index in [9.17, 15) is 17.7 Å². The van der Waals surface area contributed by atoms with E-state index < -0.39 is 24.9 Å². The highest BCUT2D eigenvalue weighted by Gasteiger charge is 2.33. The van der Waals surface area contributed by atoms with Crippen molar-refractivity contribution in [1.29, 1.82) is 0 Å². The lowest BCUT2D eigenvalue weighted by atomic mass is 9.97. The van der Waals surface area contributed by atoms with E-state index >= 15 is 0 Å². The zero-order valence-electron chi connectivity index (χ0n) is 18.3. The Kier molecular flexibility index (Phi) is 6.03. The minimum Gasteiger partial charge on any atom is -0.363 e. The monoisotopic (exact) mass is 462 g/mol. The molecule has 32 heavy (non-hydrogen) atoms. The lowest BCUT2D eigenvalue weighted by Crippen LogP contribution is -2.32. The molecule has 9 heteroatoms. The number of rotatable bonds is 4. The van der Waals surface area contributed by atoms with Crippen molar-refractivity contribution in [2.24, 2.45) is 0 Å². The number of benzene rings is 2. The SMILES string of the molecule is Cc1nc(N[C@H](C)c2cccc(C(F)(F)F)c2C)c2cc(P3(=O)CCNCC3)ccc2n1. The second kappa shape index (κ2) is 8.49. The van der Waals surface area contributed by atoms with E-state index in [2.05, 4.69) is 20.6 Å². The Morgan fingerprint density at radius 1 is 1.09 bits per heavy atom. The van der Waals surface area contributed by atoms with Gasteiger partial charge in [0.1, 0.15) is 18.8 Å². The van der Waals surface area contributed by atoms with Gasteiger partial charge in [-0.15, -0.1) is 0 Å². The molecule has 2 heterocycles. The summed E-state index contributed by atoms with van der Waals surface area (Å²) in [6, 6.07) is 9.41. The Morgan fingerprint density at radius 3 is 2.50 bits per heavy atom. The molecule has 3 aromatic rings. The van der Waals surface area contributed by atoms with Crippen LogP contribution in [0.1, 0.15) is 35.5 Å². The third-order valence-electron chi connectivity index (χ3n) is 6.06. The molecule has 1 saturated heterocycles. The third kappa shape index (κ3) is 4.39. The van der Waals surface area contributed by atoms with Crippen molar-refractivity contribution in [3.8, 4) is 0 Å². The van der Waals surface area contributed by atoms with Gasteiger partial charge in [-0.05, 0) is 56.2 Å². The smallest absolute Gasteiger partial charge is 0.363 e. The Balaban J connectivity index is 1.74. The molecule has 1 aromatic heterocycles. The van der Waals surface area contributed by atoms with Gasteiger partial charge in [0, 0.05) is 36.1 Å². The molecule has 1 fully saturated rings. The number of aromatic nitrogens is 2. The number of nitrogens with zero attached hydrogens (tertiary/aromatic N) is 2. The predicted molar refractivity (Wildman–Crippen MR) is 122 cm³/mol. The largest absolute Gasteiger partial charge is 0.416 e. The van der Waals surface area contributed by atoms with Crippen LogP contribution in [0.3, 0.4) is 0 Å². The summed E-state index contributed by atoms with van der Waals surface area (Å²) in [6.45, 7) is 6.51. The molecule has 0 radical (unpaired) electrons. The number of anilines is 1. The van der Waals surface area contributed by atoms with Crippen LogP contribution in [0.4, 0.5) is 19.0 Å². The van der Waals surface area contributed by atoms with Crippen molar-refractivity contribution in [2.45, 2.75) is 33.0 Å². The number of fused-ring (bicyclic) bond motifs is 1. The lowest BCUT2D eigenvalue weighted by Gasteiger charge is -2.25. The standard InChI is InChI=1S/C23H26F3N4OP/c1-14-18(5-4-6-20(14)23(24,25)26)15(2)28-22-19-13-17(32(31)11-9-27-10-12-32)7-8-21(19)29-16(3)30-22/h4-8,13,15,27H,9-12H2,1-3H3,(H,28,29,30)/t15-/m1/s1. The molecule has 0 amide bonds. The van der Waals surface area contributed by atoms with E-state index in [1.165, 1.54) is 13.0 Å². The minimum atomic E-state index is -4.41. The number of hydrogen-bond acceptors (Lipinski definition) is 5. The zero-order valence-corrected chi connectivity index (χ0v) is 19.1. The predicted octanol–water partition coefficient (Wildman–Crippen LogP) is 5.03. The van der Waals surface area contributed by atoms with Gasteiger partial charge < -0.3 is 15.2 Å². The summed E-state index contributed by atoms with van der Waals surface area (Å²) in [5, 5.41) is 8.04. The average Bonchev–Trinajstić information content (AvgIpc) is 2.73. The first-order valence-corrected chi connectivity index (χ1v) is 12.7. The summed E-state index contributed by atoms with van der Waals surface area (Å²) in [5.41, 5.74) is 0.804.